The molecule has 0 spiro atoms. The molecule has 9 heteroatoms. The second kappa shape index (κ2) is 9.22. The van der Waals surface area contributed by atoms with Crippen molar-refractivity contribution in [2.45, 2.75) is 57.0 Å². The second-order valence-corrected chi connectivity index (χ2v) is 9.95. The van der Waals surface area contributed by atoms with E-state index in [2.05, 4.69) is 24.8 Å². The van der Waals surface area contributed by atoms with Crippen LogP contribution in [0.15, 0.2) is 53.4 Å². The lowest BCUT2D eigenvalue weighted by atomic mass is 10.1. The van der Waals surface area contributed by atoms with Crippen molar-refractivity contribution in [3.8, 4) is 11.4 Å². The molecule has 0 saturated carbocycles. The van der Waals surface area contributed by atoms with Gasteiger partial charge in [-0.15, -0.1) is 10.2 Å². The number of rotatable bonds is 6. The molecular formula is C23H27N5O3S. The number of hydrogen-bond donors (Lipinski definition) is 2. The molecule has 2 N–H and O–H groups in total. The summed E-state index contributed by atoms with van der Waals surface area (Å²) < 4.78 is 29.6. The molecule has 0 radical (unpaired) electrons. The molecule has 0 atom stereocenters. The standard InChI is InChI=1S/C23H27N5O3S/c1-16(2)27-32(30,31)20-11-7-9-18(15-20)23(29)24-19-10-6-8-17(14-19)22-26-25-21-12-4-3-5-13-28(21)22/h6-11,14-16,27H,3-5,12-13H2,1-2H3,(H,24,29). The van der Waals surface area contributed by atoms with Gasteiger partial charge in [-0.1, -0.05) is 24.6 Å². The highest BCUT2D eigenvalue weighted by Crippen LogP contribution is 2.25. The van der Waals surface area contributed by atoms with Crippen LogP contribution in [0.4, 0.5) is 5.69 Å². The summed E-state index contributed by atoms with van der Waals surface area (Å²) >= 11 is 0. The molecule has 0 saturated heterocycles. The number of aromatic nitrogens is 3. The number of nitrogens with one attached hydrogen (secondary N) is 2. The maximum absolute atomic E-state index is 12.8. The van der Waals surface area contributed by atoms with E-state index in [0.29, 0.717) is 5.69 Å². The van der Waals surface area contributed by atoms with Crippen LogP contribution >= 0.6 is 0 Å². The van der Waals surface area contributed by atoms with Crippen molar-refractivity contribution in [3.05, 3.63) is 59.9 Å². The Hall–Kier alpha value is -3.04. The van der Waals surface area contributed by atoms with Crippen LogP contribution in [-0.4, -0.2) is 35.1 Å². The summed E-state index contributed by atoms with van der Waals surface area (Å²) in [7, 11) is -3.68. The van der Waals surface area contributed by atoms with Crippen molar-refractivity contribution >= 4 is 21.6 Å². The van der Waals surface area contributed by atoms with Gasteiger partial charge in [0.15, 0.2) is 5.82 Å². The number of hydrogen-bond acceptors (Lipinski definition) is 5. The third kappa shape index (κ3) is 4.89. The van der Waals surface area contributed by atoms with Gasteiger partial charge in [0.2, 0.25) is 10.0 Å². The number of nitrogens with zero attached hydrogens (tertiary/aromatic N) is 3. The monoisotopic (exact) mass is 453 g/mol. The maximum atomic E-state index is 12.8. The largest absolute Gasteiger partial charge is 0.322 e. The predicted octanol–water partition coefficient (Wildman–Crippen LogP) is 3.61. The Bertz CT molecular complexity index is 1230. The molecule has 0 aliphatic carbocycles. The number of aryl methyl sites for hydroxylation is 1. The molecule has 1 aliphatic heterocycles. The van der Waals surface area contributed by atoms with E-state index in [0.717, 1.165) is 43.0 Å². The maximum Gasteiger partial charge on any atom is 0.255 e. The zero-order chi connectivity index (χ0) is 22.7. The highest BCUT2D eigenvalue weighted by atomic mass is 32.2. The Labute approximate surface area is 188 Å². The van der Waals surface area contributed by atoms with Gasteiger partial charge in [-0.05, 0) is 57.0 Å². The molecule has 4 rings (SSSR count). The number of anilines is 1. The number of fused-ring (bicyclic) bond motifs is 1. The summed E-state index contributed by atoms with van der Waals surface area (Å²) in [6.07, 6.45) is 4.32. The molecular weight excluding hydrogens is 426 g/mol. The minimum atomic E-state index is -3.68. The first kappa shape index (κ1) is 22.2. The first-order valence-electron chi connectivity index (χ1n) is 10.8. The fourth-order valence-corrected chi connectivity index (χ4v) is 5.12. The predicted molar refractivity (Wildman–Crippen MR) is 123 cm³/mol. The SMILES string of the molecule is CC(C)NS(=O)(=O)c1cccc(C(=O)Nc2cccc(-c3nnc4n3CCCCC4)c2)c1. The number of benzene rings is 2. The summed E-state index contributed by atoms with van der Waals surface area (Å²) in [6, 6.07) is 13.2. The summed E-state index contributed by atoms with van der Waals surface area (Å²) in [5.41, 5.74) is 1.74. The highest BCUT2D eigenvalue weighted by molar-refractivity contribution is 7.89. The highest BCUT2D eigenvalue weighted by Gasteiger charge is 2.19. The number of carbonyl (C=O) groups excluding carboxylic acids is 1. The molecule has 1 aromatic heterocycles. The Kier molecular flexibility index (Phi) is 6.38. The van der Waals surface area contributed by atoms with Crippen LogP contribution in [0.1, 0.15) is 49.3 Å². The Morgan fingerprint density at radius 3 is 2.66 bits per heavy atom. The van der Waals surface area contributed by atoms with Gasteiger partial charge in [0.05, 0.1) is 4.90 Å². The van der Waals surface area contributed by atoms with Crippen molar-refractivity contribution in [1.29, 1.82) is 0 Å². The van der Waals surface area contributed by atoms with E-state index in [1.165, 1.54) is 18.6 Å². The molecule has 2 aromatic carbocycles. The van der Waals surface area contributed by atoms with E-state index in [1.54, 1.807) is 32.0 Å². The van der Waals surface area contributed by atoms with Crippen LogP contribution in [0, 0.1) is 0 Å². The topological polar surface area (TPSA) is 106 Å². The van der Waals surface area contributed by atoms with Gasteiger partial charge in [-0.2, -0.15) is 0 Å². The zero-order valence-corrected chi connectivity index (χ0v) is 19.0. The third-order valence-corrected chi connectivity index (χ3v) is 6.94. The van der Waals surface area contributed by atoms with Gasteiger partial charge in [0, 0.05) is 35.8 Å². The van der Waals surface area contributed by atoms with Crippen LogP contribution in [0.2, 0.25) is 0 Å². The first-order chi connectivity index (χ1) is 15.3. The molecule has 3 aromatic rings. The lowest BCUT2D eigenvalue weighted by molar-refractivity contribution is 0.102. The number of amides is 1. The lowest BCUT2D eigenvalue weighted by Gasteiger charge is -2.11. The molecule has 0 unspecified atom stereocenters. The smallest absolute Gasteiger partial charge is 0.255 e. The zero-order valence-electron chi connectivity index (χ0n) is 18.2. The Morgan fingerprint density at radius 1 is 1.03 bits per heavy atom. The van der Waals surface area contributed by atoms with Gasteiger partial charge in [-0.25, -0.2) is 13.1 Å². The fourth-order valence-electron chi connectivity index (χ4n) is 3.82. The lowest BCUT2D eigenvalue weighted by Crippen LogP contribution is -2.30. The van der Waals surface area contributed by atoms with E-state index in [-0.39, 0.29) is 22.4 Å². The average molecular weight is 454 g/mol. The van der Waals surface area contributed by atoms with Crippen molar-refractivity contribution in [1.82, 2.24) is 19.5 Å². The van der Waals surface area contributed by atoms with Crippen LogP contribution in [0.25, 0.3) is 11.4 Å². The van der Waals surface area contributed by atoms with Crippen molar-refractivity contribution in [3.63, 3.8) is 0 Å². The molecule has 8 nitrogen and oxygen atoms in total. The normalized spacial score (nSPS) is 14.1. The minimum Gasteiger partial charge on any atom is -0.322 e. The Balaban J connectivity index is 1.56. The summed E-state index contributed by atoms with van der Waals surface area (Å²) in [4.78, 5) is 12.9. The van der Waals surface area contributed by atoms with Gasteiger partial charge in [-0.3, -0.25) is 4.79 Å². The van der Waals surface area contributed by atoms with Gasteiger partial charge in [0.25, 0.3) is 5.91 Å². The molecule has 0 fully saturated rings. The first-order valence-corrected chi connectivity index (χ1v) is 12.3. The van der Waals surface area contributed by atoms with Crippen molar-refractivity contribution in [2.75, 3.05) is 5.32 Å². The van der Waals surface area contributed by atoms with Gasteiger partial charge in [0.1, 0.15) is 5.82 Å². The summed E-state index contributed by atoms with van der Waals surface area (Å²) in [5.74, 6) is 1.41. The van der Waals surface area contributed by atoms with E-state index in [1.807, 2.05) is 18.2 Å². The van der Waals surface area contributed by atoms with Gasteiger partial charge >= 0.3 is 0 Å². The number of sulfonamides is 1. The van der Waals surface area contributed by atoms with E-state index < -0.39 is 10.0 Å². The van der Waals surface area contributed by atoms with Crippen LogP contribution < -0.4 is 10.0 Å². The fraction of sp³-hybridized carbons (Fsp3) is 0.348. The molecule has 168 valence electrons. The Morgan fingerprint density at radius 2 is 1.84 bits per heavy atom. The minimum absolute atomic E-state index is 0.0544. The van der Waals surface area contributed by atoms with Crippen molar-refractivity contribution < 1.29 is 13.2 Å². The summed E-state index contributed by atoms with van der Waals surface area (Å²) in [5, 5.41) is 11.6. The summed E-state index contributed by atoms with van der Waals surface area (Å²) in [6.45, 7) is 4.38. The molecule has 1 amide bonds. The van der Waals surface area contributed by atoms with Crippen LogP contribution in [0.3, 0.4) is 0 Å². The van der Waals surface area contributed by atoms with Gasteiger partial charge < -0.3 is 9.88 Å². The molecule has 0 bridgehead atoms. The van der Waals surface area contributed by atoms with E-state index in [4.69, 9.17) is 0 Å². The van der Waals surface area contributed by atoms with E-state index in [9.17, 15) is 13.2 Å². The quantitative estimate of drug-likeness (QED) is 0.593. The molecule has 1 aliphatic rings. The second-order valence-electron chi connectivity index (χ2n) is 8.24. The number of carbonyl (C=O) groups is 1. The average Bonchev–Trinajstić information content (AvgIpc) is 3.01. The molecule has 2 heterocycles. The van der Waals surface area contributed by atoms with E-state index >= 15 is 0 Å². The van der Waals surface area contributed by atoms with Crippen LogP contribution in [-0.2, 0) is 23.0 Å². The van der Waals surface area contributed by atoms with Crippen LogP contribution in [0.5, 0.6) is 0 Å². The molecule has 32 heavy (non-hydrogen) atoms. The third-order valence-electron chi connectivity index (χ3n) is 5.29. The van der Waals surface area contributed by atoms with Crippen molar-refractivity contribution in [2.24, 2.45) is 0 Å².